The Morgan fingerprint density at radius 1 is 1.29 bits per heavy atom. The minimum atomic E-state index is 0.109. The number of nitrogens with one attached hydrogen (secondary N) is 1. The van der Waals surface area contributed by atoms with E-state index in [0.717, 1.165) is 21.5 Å². The highest BCUT2D eigenvalue weighted by Gasteiger charge is 2.09. The van der Waals surface area contributed by atoms with E-state index in [1.54, 1.807) is 18.5 Å². The van der Waals surface area contributed by atoms with Crippen LogP contribution in [0.4, 0.5) is 5.82 Å². The molecule has 1 aromatic carbocycles. The normalized spacial score (nSPS) is 10.7. The lowest BCUT2D eigenvalue weighted by Gasteiger charge is -2.12. The summed E-state index contributed by atoms with van der Waals surface area (Å²) < 4.78 is 5.93. The zero-order valence-electron chi connectivity index (χ0n) is 12.2. The molecular weight excluding hydrogens is 334 g/mol. The number of aromatic hydroxyl groups is 1. The number of benzene rings is 1. The lowest BCUT2D eigenvalue weighted by Crippen LogP contribution is -2.04. The van der Waals surface area contributed by atoms with Crippen LogP contribution in [0.15, 0.2) is 29.0 Å². The van der Waals surface area contributed by atoms with Crippen molar-refractivity contribution in [1.29, 1.82) is 0 Å². The standard InChI is InChI=1S/C15H18BrN3O2/c1-9(2)12-6-15(19-8-18-12)17-7-10-4-14(21-3)13(20)5-11(10)16/h4-6,8-9,20H,7H2,1-3H3,(H,17,18,19). The van der Waals surface area contributed by atoms with Crippen molar-refractivity contribution in [3.63, 3.8) is 0 Å². The lowest BCUT2D eigenvalue weighted by molar-refractivity contribution is 0.372. The molecule has 1 heterocycles. The van der Waals surface area contributed by atoms with Gasteiger partial charge in [0, 0.05) is 22.8 Å². The van der Waals surface area contributed by atoms with Crippen LogP contribution in [0.25, 0.3) is 0 Å². The Bertz CT molecular complexity index is 632. The first kappa shape index (κ1) is 15.6. The van der Waals surface area contributed by atoms with Crippen molar-refractivity contribution in [2.24, 2.45) is 0 Å². The summed E-state index contributed by atoms with van der Waals surface area (Å²) in [6.07, 6.45) is 1.56. The number of anilines is 1. The largest absolute Gasteiger partial charge is 0.504 e. The van der Waals surface area contributed by atoms with Crippen molar-refractivity contribution in [2.45, 2.75) is 26.3 Å². The number of ether oxygens (including phenoxy) is 1. The molecule has 0 bridgehead atoms. The number of aromatic nitrogens is 2. The average molecular weight is 352 g/mol. The molecule has 0 aliphatic carbocycles. The van der Waals surface area contributed by atoms with E-state index < -0.39 is 0 Å². The summed E-state index contributed by atoms with van der Waals surface area (Å²) in [4.78, 5) is 8.45. The molecule has 0 aliphatic heterocycles. The third kappa shape index (κ3) is 3.85. The Hall–Kier alpha value is -1.82. The number of phenols is 1. The Balaban J connectivity index is 2.14. The Morgan fingerprint density at radius 2 is 2.05 bits per heavy atom. The SMILES string of the molecule is COc1cc(CNc2cc(C(C)C)ncn2)c(Br)cc1O. The molecule has 0 fully saturated rings. The van der Waals surface area contributed by atoms with Crippen molar-refractivity contribution in [1.82, 2.24) is 9.97 Å². The Morgan fingerprint density at radius 3 is 2.71 bits per heavy atom. The molecule has 0 atom stereocenters. The van der Waals surface area contributed by atoms with E-state index in [4.69, 9.17) is 4.74 Å². The van der Waals surface area contributed by atoms with Crippen molar-refractivity contribution >= 4 is 21.7 Å². The smallest absolute Gasteiger partial charge is 0.160 e. The van der Waals surface area contributed by atoms with Gasteiger partial charge in [0.2, 0.25) is 0 Å². The van der Waals surface area contributed by atoms with Crippen LogP contribution in [0.1, 0.15) is 31.0 Å². The summed E-state index contributed by atoms with van der Waals surface area (Å²) in [5, 5.41) is 13.0. The molecule has 6 heteroatoms. The first-order chi connectivity index (χ1) is 10.0. The molecule has 0 saturated carbocycles. The zero-order chi connectivity index (χ0) is 15.4. The molecule has 21 heavy (non-hydrogen) atoms. The van der Waals surface area contributed by atoms with Gasteiger partial charge in [-0.25, -0.2) is 9.97 Å². The Labute approximate surface area is 132 Å². The minimum Gasteiger partial charge on any atom is -0.504 e. The van der Waals surface area contributed by atoms with E-state index in [1.165, 1.54) is 7.11 Å². The molecule has 0 unspecified atom stereocenters. The highest BCUT2D eigenvalue weighted by Crippen LogP contribution is 2.32. The van der Waals surface area contributed by atoms with Gasteiger partial charge in [-0.3, -0.25) is 0 Å². The van der Waals surface area contributed by atoms with Gasteiger partial charge in [0.05, 0.1) is 7.11 Å². The van der Waals surface area contributed by atoms with E-state index in [0.29, 0.717) is 18.2 Å². The molecule has 0 spiro atoms. The summed E-state index contributed by atoms with van der Waals surface area (Å²) in [5.74, 6) is 1.68. The van der Waals surface area contributed by atoms with Crippen LogP contribution in [0.5, 0.6) is 11.5 Å². The zero-order valence-corrected chi connectivity index (χ0v) is 13.8. The third-order valence-electron chi connectivity index (χ3n) is 3.09. The van der Waals surface area contributed by atoms with Crippen LogP contribution < -0.4 is 10.1 Å². The van der Waals surface area contributed by atoms with Gasteiger partial charge >= 0.3 is 0 Å². The van der Waals surface area contributed by atoms with Crippen LogP contribution in [0.2, 0.25) is 0 Å². The summed E-state index contributed by atoms with van der Waals surface area (Å²) >= 11 is 3.43. The molecule has 112 valence electrons. The maximum absolute atomic E-state index is 9.70. The van der Waals surface area contributed by atoms with Crippen LogP contribution in [0, 0.1) is 0 Å². The molecule has 0 radical (unpaired) electrons. The van der Waals surface area contributed by atoms with Crippen LogP contribution in [0.3, 0.4) is 0 Å². The number of hydrogen-bond donors (Lipinski definition) is 2. The number of methoxy groups -OCH3 is 1. The summed E-state index contributed by atoms with van der Waals surface area (Å²) in [6, 6.07) is 5.35. The molecule has 0 saturated heterocycles. The number of halogens is 1. The predicted octanol–water partition coefficient (Wildman–Crippen LogP) is 3.69. The van der Waals surface area contributed by atoms with Gasteiger partial charge in [0.25, 0.3) is 0 Å². The molecule has 2 N–H and O–H groups in total. The number of rotatable bonds is 5. The highest BCUT2D eigenvalue weighted by atomic mass is 79.9. The Kier molecular flexibility index (Phi) is 5.01. The fraction of sp³-hybridized carbons (Fsp3) is 0.333. The van der Waals surface area contributed by atoms with Crippen LogP contribution >= 0.6 is 15.9 Å². The third-order valence-corrected chi connectivity index (χ3v) is 3.83. The molecule has 2 rings (SSSR count). The minimum absolute atomic E-state index is 0.109. The second kappa shape index (κ2) is 6.76. The van der Waals surface area contributed by atoms with Gasteiger partial charge in [-0.1, -0.05) is 29.8 Å². The topological polar surface area (TPSA) is 67.3 Å². The maximum atomic E-state index is 9.70. The van der Waals surface area contributed by atoms with E-state index in [9.17, 15) is 5.11 Å². The summed E-state index contributed by atoms with van der Waals surface area (Å²) in [6.45, 7) is 4.74. The number of hydrogen-bond acceptors (Lipinski definition) is 5. The van der Waals surface area contributed by atoms with Crippen molar-refractivity contribution in [2.75, 3.05) is 12.4 Å². The first-order valence-corrected chi connectivity index (χ1v) is 7.41. The lowest BCUT2D eigenvalue weighted by atomic mass is 10.1. The van der Waals surface area contributed by atoms with Crippen molar-refractivity contribution in [3.05, 3.63) is 40.3 Å². The second-order valence-electron chi connectivity index (χ2n) is 4.95. The first-order valence-electron chi connectivity index (χ1n) is 6.62. The predicted molar refractivity (Wildman–Crippen MR) is 85.8 cm³/mol. The van der Waals surface area contributed by atoms with Gasteiger partial charge in [0.1, 0.15) is 12.1 Å². The molecule has 2 aromatic rings. The molecular formula is C15H18BrN3O2. The van der Waals surface area contributed by atoms with E-state index in [1.807, 2.05) is 6.07 Å². The van der Waals surface area contributed by atoms with Gasteiger partial charge in [-0.15, -0.1) is 0 Å². The van der Waals surface area contributed by atoms with Crippen LogP contribution in [-0.2, 0) is 6.54 Å². The van der Waals surface area contributed by atoms with Crippen LogP contribution in [-0.4, -0.2) is 22.2 Å². The summed E-state index contributed by atoms with van der Waals surface area (Å²) in [7, 11) is 1.53. The fourth-order valence-corrected chi connectivity index (χ4v) is 2.33. The fourth-order valence-electron chi connectivity index (χ4n) is 1.85. The summed E-state index contributed by atoms with van der Waals surface area (Å²) in [5.41, 5.74) is 1.96. The number of nitrogens with zero attached hydrogens (tertiary/aromatic N) is 2. The molecule has 5 nitrogen and oxygen atoms in total. The van der Waals surface area contributed by atoms with Gasteiger partial charge in [-0.05, 0) is 23.6 Å². The quantitative estimate of drug-likeness (QED) is 0.859. The monoisotopic (exact) mass is 351 g/mol. The van der Waals surface area contributed by atoms with Gasteiger partial charge < -0.3 is 15.2 Å². The van der Waals surface area contributed by atoms with Gasteiger partial charge in [0.15, 0.2) is 11.5 Å². The molecule has 0 aliphatic rings. The molecule has 1 aromatic heterocycles. The van der Waals surface area contributed by atoms with E-state index in [2.05, 4.69) is 45.1 Å². The van der Waals surface area contributed by atoms with Gasteiger partial charge in [-0.2, -0.15) is 0 Å². The maximum Gasteiger partial charge on any atom is 0.160 e. The van der Waals surface area contributed by atoms with Crippen molar-refractivity contribution < 1.29 is 9.84 Å². The number of phenolic OH excluding ortho intramolecular Hbond substituents is 1. The highest BCUT2D eigenvalue weighted by molar-refractivity contribution is 9.10. The second-order valence-corrected chi connectivity index (χ2v) is 5.81. The average Bonchev–Trinajstić information content (AvgIpc) is 2.46. The van der Waals surface area contributed by atoms with E-state index >= 15 is 0 Å². The molecule has 0 amide bonds. The van der Waals surface area contributed by atoms with Crippen molar-refractivity contribution in [3.8, 4) is 11.5 Å². The van der Waals surface area contributed by atoms with E-state index in [-0.39, 0.29) is 5.75 Å².